The van der Waals surface area contributed by atoms with Gasteiger partial charge in [-0.3, -0.25) is 0 Å². The van der Waals surface area contributed by atoms with Gasteiger partial charge < -0.3 is 5.32 Å². The highest BCUT2D eigenvalue weighted by atomic mass is 35.5. The maximum Gasteiger partial charge on any atom is 0.142 e. The molecule has 4 heteroatoms. The number of benzene rings is 1. The van der Waals surface area contributed by atoms with Crippen LogP contribution < -0.4 is 5.32 Å². The third kappa shape index (κ3) is 5.24. The predicted octanol–water partition coefficient (Wildman–Crippen LogP) is 4.22. The monoisotopic (exact) mass is 277 g/mol. The van der Waals surface area contributed by atoms with Crippen LogP contribution in [0.1, 0.15) is 25.8 Å². The maximum absolute atomic E-state index is 13.2. The van der Waals surface area contributed by atoms with Crippen molar-refractivity contribution >= 4 is 23.2 Å². The molecule has 0 bridgehead atoms. The molecule has 0 aliphatic carbocycles. The number of hydrogen-bond acceptors (Lipinski definition) is 1. The van der Waals surface area contributed by atoms with Crippen LogP contribution >= 0.6 is 23.2 Å². The Morgan fingerprint density at radius 2 is 2.06 bits per heavy atom. The lowest BCUT2D eigenvalue weighted by Gasteiger charge is -2.13. The Bertz CT molecular complexity index is 355. The molecule has 96 valence electrons. The Morgan fingerprint density at radius 1 is 1.35 bits per heavy atom. The molecule has 1 aromatic carbocycles. The molecule has 0 amide bonds. The van der Waals surface area contributed by atoms with Gasteiger partial charge in [0.2, 0.25) is 0 Å². The molecular formula is C13H18Cl2FN. The van der Waals surface area contributed by atoms with Crippen molar-refractivity contribution < 1.29 is 4.39 Å². The molecule has 1 nitrogen and oxygen atoms in total. The first-order valence-corrected chi connectivity index (χ1v) is 6.59. The lowest BCUT2D eigenvalue weighted by molar-refractivity contribution is 0.533. The van der Waals surface area contributed by atoms with E-state index in [4.69, 9.17) is 23.2 Å². The van der Waals surface area contributed by atoms with Gasteiger partial charge in [-0.05, 0) is 24.0 Å². The molecular weight excluding hydrogens is 260 g/mol. The van der Waals surface area contributed by atoms with Gasteiger partial charge in [-0.15, -0.1) is 11.6 Å². The first-order chi connectivity index (χ1) is 8.00. The highest BCUT2D eigenvalue weighted by Crippen LogP contribution is 2.19. The van der Waals surface area contributed by atoms with E-state index in [2.05, 4.69) is 19.2 Å². The summed E-state index contributed by atoms with van der Waals surface area (Å²) < 4.78 is 13.2. The zero-order chi connectivity index (χ0) is 12.8. The van der Waals surface area contributed by atoms with Crippen molar-refractivity contribution in [2.24, 2.45) is 5.92 Å². The maximum atomic E-state index is 13.2. The van der Waals surface area contributed by atoms with E-state index in [0.717, 1.165) is 12.0 Å². The average Bonchev–Trinajstić information content (AvgIpc) is 2.23. The predicted molar refractivity (Wildman–Crippen MR) is 72.2 cm³/mol. The van der Waals surface area contributed by atoms with Gasteiger partial charge in [0, 0.05) is 18.5 Å². The van der Waals surface area contributed by atoms with Gasteiger partial charge in [0.05, 0.1) is 5.02 Å². The zero-order valence-corrected chi connectivity index (χ0v) is 11.7. The van der Waals surface area contributed by atoms with Crippen molar-refractivity contribution in [2.75, 3.05) is 6.54 Å². The van der Waals surface area contributed by atoms with Crippen LogP contribution in [0, 0.1) is 11.7 Å². The van der Waals surface area contributed by atoms with Crippen LogP contribution in [0.25, 0.3) is 0 Å². The molecule has 0 aromatic heterocycles. The van der Waals surface area contributed by atoms with Crippen LogP contribution in [-0.2, 0) is 6.54 Å². The van der Waals surface area contributed by atoms with E-state index < -0.39 is 0 Å². The molecule has 1 rings (SSSR count). The van der Waals surface area contributed by atoms with Crippen LogP contribution in [0.5, 0.6) is 0 Å². The highest BCUT2D eigenvalue weighted by molar-refractivity contribution is 6.31. The van der Waals surface area contributed by atoms with Gasteiger partial charge in [-0.1, -0.05) is 37.6 Å². The summed E-state index contributed by atoms with van der Waals surface area (Å²) in [5.41, 5.74) is 0.764. The first kappa shape index (κ1) is 14.7. The van der Waals surface area contributed by atoms with Crippen LogP contribution in [0.15, 0.2) is 18.2 Å². The summed E-state index contributed by atoms with van der Waals surface area (Å²) in [6.45, 7) is 5.52. The molecule has 1 atom stereocenters. The van der Waals surface area contributed by atoms with E-state index >= 15 is 0 Å². The lowest BCUT2D eigenvalue weighted by atomic mass is 10.1. The largest absolute Gasteiger partial charge is 0.311 e. The van der Waals surface area contributed by atoms with E-state index in [9.17, 15) is 4.39 Å². The lowest BCUT2D eigenvalue weighted by Crippen LogP contribution is -2.24. The normalized spacial score (nSPS) is 13.1. The molecule has 0 spiro atoms. The van der Waals surface area contributed by atoms with Crippen molar-refractivity contribution in [1.29, 1.82) is 0 Å². The SMILES string of the molecule is CC(C)CC(Cl)CNCc1cccc(F)c1Cl. The molecule has 0 aliphatic heterocycles. The minimum absolute atomic E-state index is 0.0994. The molecule has 0 saturated carbocycles. The Balaban J connectivity index is 2.38. The Labute approximate surface area is 112 Å². The van der Waals surface area contributed by atoms with Crippen LogP contribution in [-0.4, -0.2) is 11.9 Å². The molecule has 0 aliphatic rings. The quantitative estimate of drug-likeness (QED) is 0.768. The summed E-state index contributed by atoms with van der Waals surface area (Å²) in [7, 11) is 0. The highest BCUT2D eigenvalue weighted by Gasteiger charge is 2.08. The second-order valence-corrected chi connectivity index (χ2v) is 5.57. The number of nitrogens with one attached hydrogen (secondary N) is 1. The van der Waals surface area contributed by atoms with Crippen molar-refractivity contribution in [3.63, 3.8) is 0 Å². The standard InChI is InChI=1S/C13H18Cl2FN/c1-9(2)6-11(14)8-17-7-10-4-3-5-12(16)13(10)15/h3-5,9,11,17H,6-8H2,1-2H3. The van der Waals surface area contributed by atoms with Crippen molar-refractivity contribution in [3.05, 3.63) is 34.6 Å². The third-order valence-electron chi connectivity index (χ3n) is 2.44. The van der Waals surface area contributed by atoms with Gasteiger partial charge in [-0.2, -0.15) is 0 Å². The van der Waals surface area contributed by atoms with Crippen molar-refractivity contribution in [3.8, 4) is 0 Å². The molecule has 0 fully saturated rings. The molecule has 0 saturated heterocycles. The smallest absolute Gasteiger partial charge is 0.142 e. The minimum Gasteiger partial charge on any atom is -0.311 e. The summed E-state index contributed by atoms with van der Waals surface area (Å²) in [4.78, 5) is 0. The van der Waals surface area contributed by atoms with Gasteiger partial charge >= 0.3 is 0 Å². The second kappa shape index (κ2) is 7.20. The van der Waals surface area contributed by atoms with Gasteiger partial charge in [0.1, 0.15) is 5.82 Å². The second-order valence-electron chi connectivity index (χ2n) is 4.57. The minimum atomic E-state index is -0.379. The zero-order valence-electron chi connectivity index (χ0n) is 10.1. The van der Waals surface area contributed by atoms with Gasteiger partial charge in [0.15, 0.2) is 0 Å². The molecule has 17 heavy (non-hydrogen) atoms. The summed E-state index contributed by atoms with van der Waals surface area (Å²) in [5.74, 6) is 0.202. The summed E-state index contributed by atoms with van der Waals surface area (Å²) >= 11 is 12.0. The fourth-order valence-corrected chi connectivity index (χ4v) is 2.30. The molecule has 1 aromatic rings. The topological polar surface area (TPSA) is 12.0 Å². The summed E-state index contributed by atoms with van der Waals surface area (Å²) in [6.07, 6.45) is 0.964. The summed E-state index contributed by atoms with van der Waals surface area (Å²) in [6, 6.07) is 4.82. The van der Waals surface area contributed by atoms with Crippen LogP contribution in [0.3, 0.4) is 0 Å². The molecule has 0 heterocycles. The van der Waals surface area contributed by atoms with Gasteiger partial charge in [0.25, 0.3) is 0 Å². The van der Waals surface area contributed by atoms with E-state index in [0.29, 0.717) is 19.0 Å². The fourth-order valence-electron chi connectivity index (χ4n) is 1.64. The number of hydrogen-bond donors (Lipinski definition) is 1. The number of halogens is 3. The van der Waals surface area contributed by atoms with E-state index in [-0.39, 0.29) is 16.2 Å². The number of rotatable bonds is 6. The first-order valence-electron chi connectivity index (χ1n) is 5.78. The van der Waals surface area contributed by atoms with Crippen molar-refractivity contribution in [1.82, 2.24) is 5.32 Å². The average molecular weight is 278 g/mol. The molecule has 0 radical (unpaired) electrons. The number of alkyl halides is 1. The Morgan fingerprint density at radius 3 is 2.71 bits per heavy atom. The van der Waals surface area contributed by atoms with E-state index in [1.807, 2.05) is 6.07 Å². The Hall–Kier alpha value is -0.310. The third-order valence-corrected chi connectivity index (χ3v) is 3.20. The molecule has 1 N–H and O–H groups in total. The van der Waals surface area contributed by atoms with Gasteiger partial charge in [-0.25, -0.2) is 4.39 Å². The Kier molecular flexibility index (Phi) is 6.24. The van der Waals surface area contributed by atoms with Crippen molar-refractivity contribution in [2.45, 2.75) is 32.2 Å². The molecule has 1 unspecified atom stereocenters. The van der Waals surface area contributed by atoms with Crippen LogP contribution in [0.4, 0.5) is 4.39 Å². The van der Waals surface area contributed by atoms with E-state index in [1.165, 1.54) is 6.07 Å². The fraction of sp³-hybridized carbons (Fsp3) is 0.538. The van der Waals surface area contributed by atoms with Crippen LogP contribution in [0.2, 0.25) is 5.02 Å². The summed E-state index contributed by atoms with van der Waals surface area (Å²) in [5, 5.41) is 3.48. The van der Waals surface area contributed by atoms with E-state index in [1.54, 1.807) is 6.07 Å².